The number of morpholine rings is 1. The first-order valence-corrected chi connectivity index (χ1v) is 6.46. The summed E-state index contributed by atoms with van der Waals surface area (Å²) in [6.07, 6.45) is -1.22. The summed E-state index contributed by atoms with van der Waals surface area (Å²) in [5, 5.41) is 10.2. The van der Waals surface area contributed by atoms with Crippen molar-refractivity contribution in [2.24, 2.45) is 5.73 Å². The van der Waals surface area contributed by atoms with Gasteiger partial charge in [-0.2, -0.15) is 0 Å². The van der Waals surface area contributed by atoms with Crippen LogP contribution in [0.5, 0.6) is 0 Å². The highest BCUT2D eigenvalue weighted by molar-refractivity contribution is 5.79. The molecule has 1 amide bonds. The van der Waals surface area contributed by atoms with Gasteiger partial charge in [-0.1, -0.05) is 30.3 Å². The van der Waals surface area contributed by atoms with Crippen LogP contribution in [0.15, 0.2) is 30.3 Å². The molecule has 1 aliphatic rings. The summed E-state index contributed by atoms with van der Waals surface area (Å²) < 4.78 is 5.47. The molecule has 5 heteroatoms. The maximum Gasteiger partial charge on any atom is 0.247 e. The molecule has 1 aromatic rings. The van der Waals surface area contributed by atoms with Crippen LogP contribution in [0, 0.1) is 0 Å². The Morgan fingerprint density at radius 3 is 2.79 bits per heavy atom. The van der Waals surface area contributed by atoms with E-state index in [2.05, 4.69) is 0 Å². The number of carbonyl (C=O) groups is 1. The van der Waals surface area contributed by atoms with Crippen molar-refractivity contribution in [2.45, 2.75) is 25.2 Å². The van der Waals surface area contributed by atoms with Gasteiger partial charge >= 0.3 is 0 Å². The Kier molecular flexibility index (Phi) is 4.52. The predicted octanol–water partition coefficient (Wildman–Crippen LogP) is 0.295. The summed E-state index contributed by atoms with van der Waals surface area (Å²) in [5.41, 5.74) is 6.15. The summed E-state index contributed by atoms with van der Waals surface area (Å²) >= 11 is 0. The van der Waals surface area contributed by atoms with Gasteiger partial charge in [-0.05, 0) is 12.5 Å². The van der Waals surface area contributed by atoms with Crippen LogP contribution in [0.3, 0.4) is 0 Å². The van der Waals surface area contributed by atoms with E-state index >= 15 is 0 Å². The van der Waals surface area contributed by atoms with Crippen molar-refractivity contribution >= 4 is 5.91 Å². The molecule has 0 aromatic heterocycles. The van der Waals surface area contributed by atoms with E-state index in [1.807, 2.05) is 42.2 Å². The largest absolute Gasteiger partial charge is 0.387 e. The van der Waals surface area contributed by atoms with Crippen LogP contribution in [-0.4, -0.2) is 47.8 Å². The second-order valence-corrected chi connectivity index (χ2v) is 4.98. The molecular weight excluding hydrogens is 244 g/mol. The fourth-order valence-corrected chi connectivity index (χ4v) is 2.37. The molecule has 5 nitrogen and oxygen atoms in total. The Bertz CT molecular complexity index is 424. The topological polar surface area (TPSA) is 75.8 Å². The highest BCUT2D eigenvalue weighted by atomic mass is 16.5. The van der Waals surface area contributed by atoms with Gasteiger partial charge in [0, 0.05) is 19.6 Å². The van der Waals surface area contributed by atoms with Crippen LogP contribution in [0.1, 0.15) is 18.6 Å². The van der Waals surface area contributed by atoms with Crippen molar-refractivity contribution in [3.05, 3.63) is 35.9 Å². The first-order valence-electron chi connectivity index (χ1n) is 6.46. The average Bonchev–Trinajstić information content (AvgIpc) is 2.39. The third kappa shape index (κ3) is 3.76. The van der Waals surface area contributed by atoms with E-state index in [1.54, 1.807) is 0 Å². The zero-order valence-corrected chi connectivity index (χ0v) is 11.0. The second kappa shape index (κ2) is 6.14. The van der Waals surface area contributed by atoms with Crippen LogP contribution >= 0.6 is 0 Å². The van der Waals surface area contributed by atoms with Gasteiger partial charge in [0.2, 0.25) is 5.91 Å². The van der Waals surface area contributed by atoms with Crippen LogP contribution in [-0.2, 0) is 9.53 Å². The summed E-state index contributed by atoms with van der Waals surface area (Å²) in [6, 6.07) is 9.48. The monoisotopic (exact) mass is 264 g/mol. The highest BCUT2D eigenvalue weighted by Gasteiger charge is 2.29. The van der Waals surface area contributed by atoms with Crippen LogP contribution < -0.4 is 5.73 Å². The third-order valence-corrected chi connectivity index (χ3v) is 3.27. The molecule has 2 unspecified atom stereocenters. The predicted molar refractivity (Wildman–Crippen MR) is 71.4 cm³/mol. The van der Waals surface area contributed by atoms with Gasteiger partial charge in [0.1, 0.15) is 6.10 Å². The molecule has 0 radical (unpaired) electrons. The summed E-state index contributed by atoms with van der Waals surface area (Å²) in [5.74, 6) is -0.453. The van der Waals surface area contributed by atoms with Crippen molar-refractivity contribution in [1.29, 1.82) is 0 Å². The number of ether oxygens (including phenoxy) is 1. The van der Waals surface area contributed by atoms with Crippen LogP contribution in [0.2, 0.25) is 0 Å². The lowest BCUT2D eigenvalue weighted by atomic mass is 10.1. The molecule has 104 valence electrons. The Morgan fingerprint density at radius 1 is 1.47 bits per heavy atom. The fraction of sp³-hybridized carbons (Fsp3) is 0.500. The number of aliphatic hydroxyl groups excluding tert-OH is 1. The number of primary amides is 1. The molecule has 0 aliphatic carbocycles. The number of hydrogen-bond acceptors (Lipinski definition) is 4. The zero-order chi connectivity index (χ0) is 13.8. The summed E-state index contributed by atoms with van der Waals surface area (Å²) in [4.78, 5) is 13.2. The molecule has 0 saturated carbocycles. The molecular formula is C14H20N2O3. The summed E-state index contributed by atoms with van der Waals surface area (Å²) in [7, 11) is 0. The van der Waals surface area contributed by atoms with Gasteiger partial charge in [-0.3, -0.25) is 9.69 Å². The lowest BCUT2D eigenvalue weighted by molar-refractivity contribution is -0.143. The van der Waals surface area contributed by atoms with Crippen LogP contribution in [0.25, 0.3) is 0 Å². The van der Waals surface area contributed by atoms with Crippen molar-refractivity contribution in [3.63, 3.8) is 0 Å². The molecule has 1 heterocycles. The quantitative estimate of drug-likeness (QED) is 0.820. The van der Waals surface area contributed by atoms with Crippen molar-refractivity contribution in [3.8, 4) is 0 Å². The second-order valence-electron chi connectivity index (χ2n) is 4.98. The number of aliphatic hydroxyl groups is 1. The first-order chi connectivity index (χ1) is 9.06. The van der Waals surface area contributed by atoms with E-state index < -0.39 is 18.1 Å². The van der Waals surface area contributed by atoms with Gasteiger partial charge in [-0.15, -0.1) is 0 Å². The standard InChI is InChI=1S/C14H20N2O3/c1-10-7-16(9-13(19-10)14(15)18)8-12(17)11-5-3-2-4-6-11/h2-6,10,12-13,17H,7-9H2,1H3,(H2,15,18)/t10-,12?,13?/m1/s1. The van der Waals surface area contributed by atoms with E-state index in [1.165, 1.54) is 0 Å². The van der Waals surface area contributed by atoms with Crippen molar-refractivity contribution < 1.29 is 14.6 Å². The summed E-state index contributed by atoms with van der Waals surface area (Å²) in [6.45, 7) is 3.50. The smallest absolute Gasteiger partial charge is 0.247 e. The van der Waals surface area contributed by atoms with Gasteiger partial charge in [0.25, 0.3) is 0 Å². The Hall–Kier alpha value is -1.43. The maximum atomic E-state index is 11.2. The molecule has 0 bridgehead atoms. The minimum absolute atomic E-state index is 0.0609. The zero-order valence-electron chi connectivity index (χ0n) is 11.0. The lowest BCUT2D eigenvalue weighted by Gasteiger charge is -2.36. The maximum absolute atomic E-state index is 11.2. The Morgan fingerprint density at radius 2 is 2.16 bits per heavy atom. The number of rotatable bonds is 4. The molecule has 1 aliphatic heterocycles. The van der Waals surface area contributed by atoms with Crippen molar-refractivity contribution in [1.82, 2.24) is 4.90 Å². The van der Waals surface area contributed by atoms with Crippen molar-refractivity contribution in [2.75, 3.05) is 19.6 Å². The minimum Gasteiger partial charge on any atom is -0.387 e. The van der Waals surface area contributed by atoms with E-state index in [0.29, 0.717) is 19.6 Å². The number of β-amino-alcohol motifs (C(OH)–C–C–N with tert-alkyl or cyclic N) is 1. The molecule has 19 heavy (non-hydrogen) atoms. The number of amides is 1. The Labute approximate surface area is 113 Å². The van der Waals surface area contributed by atoms with Gasteiger partial charge in [0.15, 0.2) is 0 Å². The number of nitrogens with zero attached hydrogens (tertiary/aromatic N) is 1. The average molecular weight is 264 g/mol. The molecule has 3 N–H and O–H groups in total. The van der Waals surface area contributed by atoms with Gasteiger partial charge in [0.05, 0.1) is 12.2 Å². The van der Waals surface area contributed by atoms with E-state index in [0.717, 1.165) is 5.56 Å². The molecule has 1 fully saturated rings. The van der Waals surface area contributed by atoms with E-state index in [9.17, 15) is 9.90 Å². The van der Waals surface area contributed by atoms with Gasteiger partial charge < -0.3 is 15.6 Å². The van der Waals surface area contributed by atoms with Crippen LogP contribution in [0.4, 0.5) is 0 Å². The third-order valence-electron chi connectivity index (χ3n) is 3.27. The number of benzene rings is 1. The van der Waals surface area contributed by atoms with E-state index in [-0.39, 0.29) is 6.10 Å². The SMILES string of the molecule is C[C@@H]1CN(CC(O)c2ccccc2)CC(C(N)=O)O1. The highest BCUT2D eigenvalue weighted by Crippen LogP contribution is 2.17. The lowest BCUT2D eigenvalue weighted by Crippen LogP contribution is -2.52. The minimum atomic E-state index is -0.591. The molecule has 0 spiro atoms. The molecule has 3 atom stereocenters. The molecule has 2 rings (SSSR count). The number of nitrogens with two attached hydrogens (primary N) is 1. The number of carbonyl (C=O) groups excluding carboxylic acids is 1. The molecule has 1 aromatic carbocycles. The first kappa shape index (κ1) is 14.0. The van der Waals surface area contributed by atoms with E-state index in [4.69, 9.17) is 10.5 Å². The normalized spacial score (nSPS) is 26.0. The Balaban J connectivity index is 1.96. The fourth-order valence-electron chi connectivity index (χ4n) is 2.37. The number of hydrogen-bond donors (Lipinski definition) is 2. The van der Waals surface area contributed by atoms with Gasteiger partial charge in [-0.25, -0.2) is 0 Å². The molecule has 1 saturated heterocycles.